The molecule has 3 aromatic rings. The maximum Gasteiger partial charge on any atom is 0.226 e. The molecule has 0 radical (unpaired) electrons. The Balaban J connectivity index is 1.65. The lowest BCUT2D eigenvalue weighted by atomic mass is 10.0. The topological polar surface area (TPSA) is 51.2 Å². The molecular formula is C19H20N2O2S2. The van der Waals surface area contributed by atoms with Crippen molar-refractivity contribution in [3.63, 3.8) is 0 Å². The number of aryl methyl sites for hydroxylation is 1. The number of aromatic nitrogens is 1. The van der Waals surface area contributed by atoms with Gasteiger partial charge in [-0.25, -0.2) is 4.98 Å². The van der Waals surface area contributed by atoms with Gasteiger partial charge in [0.2, 0.25) is 5.91 Å². The zero-order valence-corrected chi connectivity index (χ0v) is 16.0. The minimum atomic E-state index is -0.127. The minimum Gasteiger partial charge on any atom is -0.496 e. The molecule has 4 nitrogen and oxygen atoms in total. The summed E-state index contributed by atoms with van der Waals surface area (Å²) in [6, 6.07) is 7.89. The predicted molar refractivity (Wildman–Crippen MR) is 103 cm³/mol. The summed E-state index contributed by atoms with van der Waals surface area (Å²) in [7, 11) is 1.64. The molecular weight excluding hydrogens is 352 g/mol. The number of hydrogen-bond acceptors (Lipinski definition) is 5. The standard InChI is InChI=1S/C19H20N2O2S2/c1-12-4-5-17(23-3)16(8-12)13(2)20-18(22)9-15-11-25-19(21-15)14-6-7-24-10-14/h4-8,10-11,13H,9H2,1-3H3,(H,20,22). The third-order valence-electron chi connectivity index (χ3n) is 3.89. The number of benzene rings is 1. The van der Waals surface area contributed by atoms with Crippen molar-refractivity contribution in [1.82, 2.24) is 10.3 Å². The SMILES string of the molecule is COc1ccc(C)cc1C(C)NC(=O)Cc1csc(-c2ccsc2)n1. The Hall–Kier alpha value is -2.18. The molecule has 0 fully saturated rings. The Kier molecular flexibility index (Phi) is 5.50. The Morgan fingerprint density at radius 1 is 1.32 bits per heavy atom. The van der Waals surface area contributed by atoms with Crippen LogP contribution in [0.1, 0.15) is 29.8 Å². The normalized spacial score (nSPS) is 12.0. The minimum absolute atomic E-state index is 0.0433. The summed E-state index contributed by atoms with van der Waals surface area (Å²) in [6.45, 7) is 3.99. The largest absolute Gasteiger partial charge is 0.496 e. The van der Waals surface area contributed by atoms with Crippen molar-refractivity contribution in [2.24, 2.45) is 0 Å². The van der Waals surface area contributed by atoms with Crippen LogP contribution in [0, 0.1) is 6.92 Å². The molecule has 0 aliphatic carbocycles. The molecule has 6 heteroatoms. The summed E-state index contributed by atoms with van der Waals surface area (Å²) in [6.07, 6.45) is 0.277. The highest BCUT2D eigenvalue weighted by Crippen LogP contribution is 2.27. The van der Waals surface area contributed by atoms with Crippen LogP contribution in [0.3, 0.4) is 0 Å². The van der Waals surface area contributed by atoms with Crippen molar-refractivity contribution in [3.05, 3.63) is 57.2 Å². The third-order valence-corrected chi connectivity index (χ3v) is 5.51. The van der Waals surface area contributed by atoms with Gasteiger partial charge in [-0.3, -0.25) is 4.79 Å². The van der Waals surface area contributed by atoms with Crippen molar-refractivity contribution in [2.75, 3.05) is 7.11 Å². The highest BCUT2D eigenvalue weighted by atomic mass is 32.1. The van der Waals surface area contributed by atoms with E-state index in [9.17, 15) is 4.79 Å². The fraction of sp³-hybridized carbons (Fsp3) is 0.263. The number of carbonyl (C=O) groups is 1. The number of carbonyl (C=O) groups excluding carboxylic acids is 1. The molecule has 0 aliphatic heterocycles. The first-order valence-electron chi connectivity index (χ1n) is 7.97. The number of methoxy groups -OCH3 is 1. The van der Waals surface area contributed by atoms with E-state index in [1.54, 1.807) is 29.8 Å². The Morgan fingerprint density at radius 3 is 2.88 bits per heavy atom. The molecule has 0 saturated heterocycles. The van der Waals surface area contributed by atoms with Crippen LogP contribution >= 0.6 is 22.7 Å². The van der Waals surface area contributed by atoms with E-state index in [0.717, 1.165) is 33.1 Å². The smallest absolute Gasteiger partial charge is 0.226 e. The van der Waals surface area contributed by atoms with Crippen LogP contribution in [0.2, 0.25) is 0 Å². The number of thiazole rings is 1. The van der Waals surface area contributed by atoms with E-state index in [1.165, 1.54) is 0 Å². The van der Waals surface area contributed by atoms with Crippen molar-refractivity contribution in [1.29, 1.82) is 0 Å². The number of thiophene rings is 1. The van der Waals surface area contributed by atoms with E-state index in [2.05, 4.69) is 15.7 Å². The van der Waals surface area contributed by atoms with Gasteiger partial charge in [0.05, 0.1) is 25.3 Å². The fourth-order valence-electron chi connectivity index (χ4n) is 2.63. The van der Waals surface area contributed by atoms with Crippen molar-refractivity contribution in [3.8, 4) is 16.3 Å². The number of amides is 1. The number of nitrogens with zero attached hydrogens (tertiary/aromatic N) is 1. The number of rotatable bonds is 6. The summed E-state index contributed by atoms with van der Waals surface area (Å²) in [5.74, 6) is 0.741. The fourth-order valence-corrected chi connectivity index (χ4v) is 4.17. The number of nitrogens with one attached hydrogen (secondary N) is 1. The number of ether oxygens (including phenoxy) is 1. The molecule has 0 spiro atoms. The molecule has 0 aliphatic rings. The van der Waals surface area contributed by atoms with Gasteiger partial charge in [-0.2, -0.15) is 11.3 Å². The summed E-state index contributed by atoms with van der Waals surface area (Å²) in [5.41, 5.74) is 4.02. The van der Waals surface area contributed by atoms with E-state index >= 15 is 0 Å². The molecule has 0 bridgehead atoms. The second-order valence-corrected chi connectivity index (χ2v) is 7.51. The van der Waals surface area contributed by atoms with E-state index in [1.807, 2.05) is 48.9 Å². The molecule has 25 heavy (non-hydrogen) atoms. The van der Waals surface area contributed by atoms with Gasteiger partial charge in [0.15, 0.2) is 0 Å². The first kappa shape index (κ1) is 17.6. The van der Waals surface area contributed by atoms with E-state index in [0.29, 0.717) is 0 Å². The van der Waals surface area contributed by atoms with Crippen LogP contribution in [0.25, 0.3) is 10.6 Å². The Bertz CT molecular complexity index is 856. The van der Waals surface area contributed by atoms with Crippen molar-refractivity contribution in [2.45, 2.75) is 26.3 Å². The summed E-state index contributed by atoms with van der Waals surface area (Å²) >= 11 is 3.21. The summed E-state index contributed by atoms with van der Waals surface area (Å²) in [5, 5.41) is 10.0. The zero-order chi connectivity index (χ0) is 17.8. The van der Waals surface area contributed by atoms with Gasteiger partial charge in [0, 0.05) is 21.9 Å². The molecule has 1 N–H and O–H groups in total. The number of hydrogen-bond donors (Lipinski definition) is 1. The van der Waals surface area contributed by atoms with Crippen LogP contribution in [0.5, 0.6) is 5.75 Å². The van der Waals surface area contributed by atoms with Gasteiger partial charge in [-0.05, 0) is 31.4 Å². The lowest BCUT2D eigenvalue weighted by molar-refractivity contribution is -0.121. The molecule has 1 atom stereocenters. The van der Waals surface area contributed by atoms with Gasteiger partial charge in [-0.1, -0.05) is 17.7 Å². The average Bonchev–Trinajstić information content (AvgIpc) is 3.25. The van der Waals surface area contributed by atoms with Gasteiger partial charge >= 0.3 is 0 Å². The lowest BCUT2D eigenvalue weighted by Crippen LogP contribution is -2.28. The van der Waals surface area contributed by atoms with Gasteiger partial charge in [0.1, 0.15) is 10.8 Å². The summed E-state index contributed by atoms with van der Waals surface area (Å²) < 4.78 is 5.40. The van der Waals surface area contributed by atoms with Crippen LogP contribution in [-0.4, -0.2) is 18.0 Å². The summed E-state index contributed by atoms with van der Waals surface area (Å²) in [4.78, 5) is 17.0. The van der Waals surface area contributed by atoms with Crippen molar-refractivity contribution >= 4 is 28.6 Å². The molecule has 3 rings (SSSR count). The van der Waals surface area contributed by atoms with E-state index < -0.39 is 0 Å². The highest BCUT2D eigenvalue weighted by molar-refractivity contribution is 7.14. The van der Waals surface area contributed by atoms with Gasteiger partial charge in [-0.15, -0.1) is 11.3 Å². The van der Waals surface area contributed by atoms with E-state index in [4.69, 9.17) is 4.74 Å². The predicted octanol–water partition coefficient (Wildman–Crippen LogP) is 4.61. The molecule has 1 aromatic carbocycles. The van der Waals surface area contributed by atoms with Gasteiger partial charge < -0.3 is 10.1 Å². The average molecular weight is 373 g/mol. The van der Waals surface area contributed by atoms with E-state index in [-0.39, 0.29) is 18.4 Å². The maximum absolute atomic E-state index is 12.4. The lowest BCUT2D eigenvalue weighted by Gasteiger charge is -2.17. The van der Waals surface area contributed by atoms with Gasteiger partial charge in [0.25, 0.3) is 0 Å². The second-order valence-electron chi connectivity index (χ2n) is 5.87. The Labute approximate surface area is 155 Å². The van der Waals surface area contributed by atoms with Crippen molar-refractivity contribution < 1.29 is 9.53 Å². The molecule has 0 saturated carbocycles. The molecule has 130 valence electrons. The quantitative estimate of drug-likeness (QED) is 0.687. The first-order chi connectivity index (χ1) is 12.1. The van der Waals surface area contributed by atoms with Crippen LogP contribution < -0.4 is 10.1 Å². The third kappa shape index (κ3) is 4.27. The molecule has 1 unspecified atom stereocenters. The van der Waals surface area contributed by atoms with Crippen LogP contribution in [0.4, 0.5) is 0 Å². The zero-order valence-electron chi connectivity index (χ0n) is 14.4. The molecule has 1 amide bonds. The highest BCUT2D eigenvalue weighted by Gasteiger charge is 2.16. The van der Waals surface area contributed by atoms with Crippen LogP contribution in [0.15, 0.2) is 40.4 Å². The maximum atomic E-state index is 12.4. The monoisotopic (exact) mass is 372 g/mol. The molecule has 2 aromatic heterocycles. The Morgan fingerprint density at radius 2 is 2.16 bits per heavy atom. The first-order valence-corrected chi connectivity index (χ1v) is 9.80. The molecule has 2 heterocycles. The van der Waals surface area contributed by atoms with Crippen LogP contribution in [-0.2, 0) is 11.2 Å². The second kappa shape index (κ2) is 7.80.